The molecule has 0 amide bonds. The summed E-state index contributed by atoms with van der Waals surface area (Å²) in [5.74, 6) is -1.08. The van der Waals surface area contributed by atoms with E-state index in [0.29, 0.717) is 5.56 Å². The molecule has 0 saturated carbocycles. The minimum absolute atomic E-state index is 0.0314. The Morgan fingerprint density at radius 2 is 1.90 bits per heavy atom. The molecule has 0 unspecified atom stereocenters. The highest BCUT2D eigenvalue weighted by Crippen LogP contribution is 2.07. The highest BCUT2D eigenvalue weighted by Gasteiger charge is 2.15. The van der Waals surface area contributed by atoms with Gasteiger partial charge in [-0.05, 0) is 17.7 Å². The number of H-pyrrole nitrogens is 1. The van der Waals surface area contributed by atoms with Crippen molar-refractivity contribution in [2.75, 3.05) is 0 Å². The van der Waals surface area contributed by atoms with E-state index < -0.39 is 27.8 Å². The van der Waals surface area contributed by atoms with E-state index in [1.165, 1.54) is 24.3 Å². The molecule has 0 radical (unpaired) electrons. The highest BCUT2D eigenvalue weighted by atomic mass is 16.6. The molecule has 2 aromatic rings. The number of aromatic nitrogens is 2. The third-order valence-corrected chi connectivity index (χ3v) is 2.74. The van der Waals surface area contributed by atoms with Gasteiger partial charge in [-0.15, -0.1) is 0 Å². The smallest absolute Gasteiger partial charge is 0.350 e. The summed E-state index contributed by atoms with van der Waals surface area (Å²) >= 11 is 0. The molecule has 1 heterocycles. The Bertz CT molecular complexity index is 818. The molecule has 9 nitrogen and oxygen atoms in total. The maximum atomic E-state index is 11.6. The summed E-state index contributed by atoms with van der Waals surface area (Å²) in [6, 6.07) is 5.66. The van der Waals surface area contributed by atoms with Crippen LogP contribution in [0.3, 0.4) is 0 Å². The third-order valence-electron chi connectivity index (χ3n) is 2.74. The van der Waals surface area contributed by atoms with Crippen LogP contribution in [0.4, 0.5) is 5.69 Å². The van der Waals surface area contributed by atoms with E-state index in [4.69, 9.17) is 5.11 Å². The van der Waals surface area contributed by atoms with Crippen molar-refractivity contribution < 1.29 is 14.8 Å². The Balaban J connectivity index is 2.37. The Hall–Kier alpha value is -3.23. The summed E-state index contributed by atoms with van der Waals surface area (Å²) in [6.45, 7) is -0.0314. The standard InChI is InChI=1S/C12H9N3O6/c16-10-9(15(20)21)6-14(12(19)13-10)5-7-1-3-8(4-2-7)11(17)18/h1-4,6H,5H2,(H,17,18)(H,13,16,19). The van der Waals surface area contributed by atoms with E-state index in [1.807, 2.05) is 4.98 Å². The van der Waals surface area contributed by atoms with Crippen LogP contribution in [0.5, 0.6) is 0 Å². The number of nitrogens with one attached hydrogen (secondary N) is 1. The van der Waals surface area contributed by atoms with Crippen LogP contribution in [0, 0.1) is 10.1 Å². The first-order chi connectivity index (χ1) is 9.88. The molecule has 1 aromatic heterocycles. The second-order valence-corrected chi connectivity index (χ2v) is 4.16. The van der Waals surface area contributed by atoms with E-state index >= 15 is 0 Å². The number of benzene rings is 1. The predicted molar refractivity (Wildman–Crippen MR) is 70.5 cm³/mol. The van der Waals surface area contributed by atoms with Crippen molar-refractivity contribution in [1.29, 1.82) is 0 Å². The Kier molecular flexibility index (Phi) is 3.65. The predicted octanol–water partition coefficient (Wildman–Crippen LogP) is 0.191. The van der Waals surface area contributed by atoms with E-state index in [-0.39, 0.29) is 12.1 Å². The van der Waals surface area contributed by atoms with Gasteiger partial charge in [0.1, 0.15) is 0 Å². The molecule has 0 spiro atoms. The molecular weight excluding hydrogens is 282 g/mol. The van der Waals surface area contributed by atoms with Gasteiger partial charge in [-0.3, -0.25) is 24.5 Å². The second kappa shape index (κ2) is 5.41. The summed E-state index contributed by atoms with van der Waals surface area (Å²) in [6.07, 6.45) is 0.853. The second-order valence-electron chi connectivity index (χ2n) is 4.16. The summed E-state index contributed by atoms with van der Waals surface area (Å²) in [7, 11) is 0. The molecule has 0 atom stereocenters. The molecule has 0 aliphatic rings. The number of carbonyl (C=O) groups is 1. The summed E-state index contributed by atoms with van der Waals surface area (Å²) in [4.78, 5) is 45.2. The Morgan fingerprint density at radius 1 is 1.29 bits per heavy atom. The molecular formula is C12H9N3O6. The minimum atomic E-state index is -1.08. The lowest BCUT2D eigenvalue weighted by Gasteiger charge is -2.05. The number of nitrogens with zero attached hydrogens (tertiary/aromatic N) is 2. The SMILES string of the molecule is O=C(O)c1ccc(Cn2cc([N+](=O)[O-])c(=O)[nH]c2=O)cc1. The van der Waals surface area contributed by atoms with Crippen LogP contribution in [0.15, 0.2) is 40.1 Å². The lowest BCUT2D eigenvalue weighted by molar-refractivity contribution is -0.386. The van der Waals surface area contributed by atoms with Crippen LogP contribution in [0.2, 0.25) is 0 Å². The fraction of sp³-hybridized carbons (Fsp3) is 0.0833. The van der Waals surface area contributed by atoms with Crippen molar-refractivity contribution in [3.8, 4) is 0 Å². The summed E-state index contributed by atoms with van der Waals surface area (Å²) < 4.78 is 0.968. The fourth-order valence-electron chi connectivity index (χ4n) is 1.69. The molecule has 0 saturated heterocycles. The van der Waals surface area contributed by atoms with Crippen molar-refractivity contribution in [1.82, 2.24) is 9.55 Å². The number of hydrogen-bond donors (Lipinski definition) is 2. The van der Waals surface area contributed by atoms with Crippen molar-refractivity contribution in [3.05, 3.63) is 72.5 Å². The zero-order valence-corrected chi connectivity index (χ0v) is 10.5. The number of carboxylic acid groups (broad SMARTS) is 1. The Morgan fingerprint density at radius 3 is 2.43 bits per heavy atom. The molecule has 2 N–H and O–H groups in total. The van der Waals surface area contributed by atoms with Crippen molar-refractivity contribution in [3.63, 3.8) is 0 Å². The molecule has 9 heteroatoms. The van der Waals surface area contributed by atoms with Crippen molar-refractivity contribution in [2.24, 2.45) is 0 Å². The number of aromatic amines is 1. The summed E-state index contributed by atoms with van der Waals surface area (Å²) in [5.41, 5.74) is -1.95. The number of carboxylic acids is 1. The number of hydrogen-bond acceptors (Lipinski definition) is 5. The zero-order chi connectivity index (χ0) is 15.6. The van der Waals surface area contributed by atoms with Gasteiger partial charge in [-0.25, -0.2) is 9.59 Å². The Labute approximate surface area is 116 Å². The normalized spacial score (nSPS) is 10.3. The topological polar surface area (TPSA) is 135 Å². The van der Waals surface area contributed by atoms with Gasteiger partial charge in [0.05, 0.1) is 23.2 Å². The number of aromatic carboxylic acids is 1. The molecule has 0 aliphatic heterocycles. The lowest BCUT2D eigenvalue weighted by atomic mass is 10.1. The van der Waals surface area contributed by atoms with Gasteiger partial charge in [-0.2, -0.15) is 0 Å². The van der Waals surface area contributed by atoms with Crippen LogP contribution in [-0.4, -0.2) is 25.6 Å². The van der Waals surface area contributed by atoms with Gasteiger partial charge in [0.2, 0.25) is 0 Å². The molecule has 108 valence electrons. The quantitative estimate of drug-likeness (QED) is 0.609. The lowest BCUT2D eigenvalue weighted by Crippen LogP contribution is -2.31. The van der Waals surface area contributed by atoms with Crippen LogP contribution in [0.25, 0.3) is 0 Å². The zero-order valence-electron chi connectivity index (χ0n) is 10.5. The van der Waals surface area contributed by atoms with Gasteiger partial charge in [-0.1, -0.05) is 12.1 Å². The molecule has 21 heavy (non-hydrogen) atoms. The van der Waals surface area contributed by atoms with E-state index in [0.717, 1.165) is 10.8 Å². The van der Waals surface area contributed by atoms with Gasteiger partial charge < -0.3 is 5.11 Å². The largest absolute Gasteiger partial charge is 0.478 e. The number of rotatable bonds is 4. The van der Waals surface area contributed by atoms with E-state index in [1.54, 1.807) is 0 Å². The van der Waals surface area contributed by atoms with Crippen LogP contribution < -0.4 is 11.2 Å². The first kappa shape index (κ1) is 14.2. The fourth-order valence-corrected chi connectivity index (χ4v) is 1.69. The van der Waals surface area contributed by atoms with Crippen molar-refractivity contribution in [2.45, 2.75) is 6.54 Å². The molecule has 1 aromatic carbocycles. The number of nitro groups is 1. The van der Waals surface area contributed by atoms with Crippen LogP contribution in [-0.2, 0) is 6.54 Å². The first-order valence-corrected chi connectivity index (χ1v) is 5.69. The van der Waals surface area contributed by atoms with Crippen molar-refractivity contribution >= 4 is 11.7 Å². The van der Waals surface area contributed by atoms with Gasteiger partial charge in [0.25, 0.3) is 0 Å². The van der Waals surface area contributed by atoms with E-state index in [2.05, 4.69) is 0 Å². The molecule has 2 rings (SSSR count). The molecule has 0 aliphatic carbocycles. The van der Waals surface area contributed by atoms with Gasteiger partial charge >= 0.3 is 22.9 Å². The maximum Gasteiger partial charge on any atom is 0.350 e. The molecule has 0 fully saturated rings. The summed E-state index contributed by atoms with van der Waals surface area (Å²) in [5, 5.41) is 19.4. The van der Waals surface area contributed by atoms with E-state index in [9.17, 15) is 24.5 Å². The maximum absolute atomic E-state index is 11.6. The molecule has 0 bridgehead atoms. The monoisotopic (exact) mass is 291 g/mol. The van der Waals surface area contributed by atoms with Gasteiger partial charge in [0, 0.05) is 0 Å². The average Bonchev–Trinajstić information content (AvgIpc) is 2.42. The average molecular weight is 291 g/mol. The first-order valence-electron chi connectivity index (χ1n) is 5.69. The third kappa shape index (κ3) is 3.03. The highest BCUT2D eigenvalue weighted by molar-refractivity contribution is 5.87. The van der Waals surface area contributed by atoms with Crippen LogP contribution in [0.1, 0.15) is 15.9 Å². The van der Waals surface area contributed by atoms with Crippen LogP contribution >= 0.6 is 0 Å². The van der Waals surface area contributed by atoms with Gasteiger partial charge in [0.15, 0.2) is 0 Å². The minimum Gasteiger partial charge on any atom is -0.478 e.